The van der Waals surface area contributed by atoms with Crippen LogP contribution in [0.25, 0.3) is 32.9 Å². The summed E-state index contributed by atoms with van der Waals surface area (Å²) in [5.74, 6) is 0.760. The van der Waals surface area contributed by atoms with Crippen molar-refractivity contribution in [3.05, 3.63) is 105 Å². The number of aldehydes is 1. The molecule has 0 bridgehead atoms. The van der Waals surface area contributed by atoms with E-state index in [9.17, 15) is 22.8 Å². The van der Waals surface area contributed by atoms with Crippen LogP contribution in [0.4, 0.5) is 13.2 Å². The van der Waals surface area contributed by atoms with Gasteiger partial charge in [0.25, 0.3) is 5.56 Å². The van der Waals surface area contributed by atoms with Gasteiger partial charge in [-0.25, -0.2) is 0 Å². The largest absolute Gasteiger partial charge is 0.493 e. The molecule has 0 saturated heterocycles. The van der Waals surface area contributed by atoms with Crippen molar-refractivity contribution in [3.63, 3.8) is 0 Å². The quantitative estimate of drug-likeness (QED) is 0.210. The number of ether oxygens (including phenoxy) is 1. The molecule has 10 heteroatoms. The summed E-state index contributed by atoms with van der Waals surface area (Å²) in [5, 5.41) is 17.2. The molecule has 6 rings (SSSR count). The number of aliphatic hydroxyl groups excluding tert-OH is 1. The first kappa shape index (κ1) is 34.3. The van der Waals surface area contributed by atoms with Crippen LogP contribution in [0.15, 0.2) is 71.7 Å². The second-order valence-corrected chi connectivity index (χ2v) is 11.9. The van der Waals surface area contributed by atoms with Gasteiger partial charge in [-0.1, -0.05) is 12.1 Å². The van der Waals surface area contributed by atoms with Crippen LogP contribution in [0.1, 0.15) is 48.6 Å². The Kier molecular flexibility index (Phi) is 10.3. The predicted octanol–water partition coefficient (Wildman–Crippen LogP) is 6.65. The topological polar surface area (TPSA) is 102 Å². The van der Waals surface area contributed by atoms with Crippen molar-refractivity contribution in [2.45, 2.75) is 58.9 Å². The molecule has 0 saturated carbocycles. The third-order valence-electron chi connectivity index (χ3n) is 7.37. The van der Waals surface area contributed by atoms with Gasteiger partial charge >= 0.3 is 6.18 Å². The smallest absolute Gasteiger partial charge is 0.416 e. The lowest BCUT2D eigenvalue weighted by Crippen LogP contribution is -2.20. The summed E-state index contributed by atoms with van der Waals surface area (Å²) in [6, 6.07) is 15.7. The number of aliphatic hydroxyl groups is 2. The number of fused-ring (bicyclic) bond motifs is 1. The highest BCUT2D eigenvalue weighted by Crippen LogP contribution is 2.42. The molecule has 7 nitrogen and oxygen atoms in total. The SMILES string of the molecule is CC(C)(C)O.CO.Cc1cc2c(ccc(=O)n2Cc2ccc(C(F)(F)F)cc2)c(-c2ccc3c4c(ccnc24)CCO3)c1CC=O. The normalized spacial score (nSPS) is 12.5. The number of aryl methyl sites for hydroxylation is 1. The first-order valence-electron chi connectivity index (χ1n) is 14.7. The van der Waals surface area contributed by atoms with Crippen molar-refractivity contribution < 1.29 is 32.9 Å². The Bertz CT molecular complexity index is 1910. The van der Waals surface area contributed by atoms with Gasteiger partial charge < -0.3 is 24.3 Å². The van der Waals surface area contributed by atoms with E-state index in [0.29, 0.717) is 17.7 Å². The van der Waals surface area contributed by atoms with E-state index in [4.69, 9.17) is 19.9 Å². The number of carbonyl (C=O) groups excluding carboxylic acids is 1. The van der Waals surface area contributed by atoms with E-state index >= 15 is 0 Å². The van der Waals surface area contributed by atoms with E-state index in [2.05, 4.69) is 0 Å². The number of nitrogens with zero attached hydrogens (tertiary/aromatic N) is 2. The maximum Gasteiger partial charge on any atom is 0.416 e. The molecule has 5 aromatic rings. The van der Waals surface area contributed by atoms with E-state index < -0.39 is 17.3 Å². The monoisotopic (exact) mass is 634 g/mol. The van der Waals surface area contributed by atoms with Crippen LogP contribution < -0.4 is 10.3 Å². The zero-order valence-electron chi connectivity index (χ0n) is 26.4. The van der Waals surface area contributed by atoms with Gasteiger partial charge in [-0.15, -0.1) is 0 Å². The lowest BCUT2D eigenvalue weighted by molar-refractivity contribution is -0.137. The fraction of sp³-hybridized carbons (Fsp3) is 0.306. The van der Waals surface area contributed by atoms with Gasteiger partial charge in [0.2, 0.25) is 0 Å². The zero-order chi connectivity index (χ0) is 33.8. The third-order valence-corrected chi connectivity index (χ3v) is 7.37. The number of alkyl halides is 3. The number of carbonyl (C=O) groups is 1. The minimum atomic E-state index is -4.44. The molecule has 2 aromatic heterocycles. The van der Waals surface area contributed by atoms with Crippen molar-refractivity contribution in [1.29, 1.82) is 0 Å². The molecule has 0 amide bonds. The van der Waals surface area contributed by atoms with E-state index in [-0.39, 0.29) is 18.5 Å². The van der Waals surface area contributed by atoms with Crippen LogP contribution in [0, 0.1) is 6.92 Å². The maximum absolute atomic E-state index is 13.1. The van der Waals surface area contributed by atoms with Gasteiger partial charge in [0.15, 0.2) is 0 Å². The summed E-state index contributed by atoms with van der Waals surface area (Å²) in [6.07, 6.45) is -0.869. The van der Waals surface area contributed by atoms with Gasteiger partial charge in [-0.05, 0) is 98.0 Å². The maximum atomic E-state index is 13.1. The van der Waals surface area contributed by atoms with Crippen molar-refractivity contribution >= 4 is 28.1 Å². The van der Waals surface area contributed by atoms with Crippen molar-refractivity contribution in [3.8, 4) is 16.9 Å². The van der Waals surface area contributed by atoms with E-state index in [1.54, 1.807) is 37.6 Å². The highest BCUT2D eigenvalue weighted by molar-refractivity contribution is 6.07. The molecular formula is C36H37F3N2O5. The number of rotatable bonds is 5. The van der Waals surface area contributed by atoms with Crippen LogP contribution >= 0.6 is 0 Å². The minimum absolute atomic E-state index is 0.0934. The van der Waals surface area contributed by atoms with Crippen LogP contribution in [0.5, 0.6) is 5.75 Å². The summed E-state index contributed by atoms with van der Waals surface area (Å²) < 4.78 is 46.6. The van der Waals surface area contributed by atoms with Gasteiger partial charge in [-0.2, -0.15) is 13.2 Å². The fourth-order valence-corrected chi connectivity index (χ4v) is 5.52. The zero-order valence-corrected chi connectivity index (χ0v) is 26.4. The molecule has 3 aromatic carbocycles. The molecule has 1 aliphatic rings. The summed E-state index contributed by atoms with van der Waals surface area (Å²) in [5.41, 5.74) is 4.85. The Labute approximate surface area is 264 Å². The van der Waals surface area contributed by atoms with Crippen LogP contribution in [0.2, 0.25) is 0 Å². The molecule has 0 radical (unpaired) electrons. The average molecular weight is 635 g/mol. The van der Waals surface area contributed by atoms with E-state index in [1.165, 1.54) is 18.2 Å². The molecule has 0 fully saturated rings. The summed E-state index contributed by atoms with van der Waals surface area (Å²) in [4.78, 5) is 29.5. The number of pyridine rings is 2. The molecular weight excluding hydrogens is 597 g/mol. The van der Waals surface area contributed by atoms with E-state index in [0.717, 1.165) is 81.8 Å². The first-order chi connectivity index (χ1) is 21.8. The molecule has 2 N–H and O–H groups in total. The van der Waals surface area contributed by atoms with Crippen LogP contribution in [-0.2, 0) is 30.4 Å². The molecule has 3 heterocycles. The number of benzene rings is 3. The molecule has 1 aliphatic heterocycles. The number of hydrogen-bond donors (Lipinski definition) is 2. The molecule has 0 unspecified atom stereocenters. The molecule has 0 spiro atoms. The minimum Gasteiger partial charge on any atom is -0.493 e. The lowest BCUT2D eigenvalue weighted by Gasteiger charge is -2.22. The van der Waals surface area contributed by atoms with Gasteiger partial charge in [-0.3, -0.25) is 9.78 Å². The summed E-state index contributed by atoms with van der Waals surface area (Å²) in [7, 11) is 1.00. The van der Waals surface area contributed by atoms with Gasteiger partial charge in [0.05, 0.1) is 35.3 Å². The Morgan fingerprint density at radius 3 is 2.30 bits per heavy atom. The van der Waals surface area contributed by atoms with Crippen molar-refractivity contribution in [2.75, 3.05) is 13.7 Å². The number of aromatic nitrogens is 2. The molecule has 46 heavy (non-hydrogen) atoms. The predicted molar refractivity (Wildman–Crippen MR) is 173 cm³/mol. The van der Waals surface area contributed by atoms with Crippen LogP contribution in [-0.4, -0.2) is 45.4 Å². The second kappa shape index (κ2) is 13.8. The van der Waals surface area contributed by atoms with Crippen LogP contribution in [0.3, 0.4) is 0 Å². The molecule has 0 atom stereocenters. The Morgan fingerprint density at radius 1 is 1.00 bits per heavy atom. The summed E-state index contributed by atoms with van der Waals surface area (Å²) in [6.45, 7) is 7.80. The average Bonchev–Trinajstić information content (AvgIpc) is 3.00. The third kappa shape index (κ3) is 7.46. The molecule has 0 aliphatic carbocycles. The standard InChI is InChI=1S/C31H23F3N2O3.C4H10O.CH4O/c1-18-16-25-23(7-9-27(38)36(25)17-19-2-4-21(5-3-19)31(32,33)34)29(22(18)11-14-37)24-6-8-26-28-20(12-15-39-26)10-13-35-30(24)28;1-4(2,3)5;1-2/h2-10,13-14,16H,11-12,15,17H2,1H3;5H,1-3H3;2H,1H3. The second-order valence-electron chi connectivity index (χ2n) is 11.9. The van der Waals surface area contributed by atoms with Crippen molar-refractivity contribution in [2.24, 2.45) is 0 Å². The number of halogens is 3. The highest BCUT2D eigenvalue weighted by atomic mass is 19.4. The molecule has 242 valence electrons. The fourth-order valence-electron chi connectivity index (χ4n) is 5.52. The summed E-state index contributed by atoms with van der Waals surface area (Å²) >= 11 is 0. The number of hydrogen-bond acceptors (Lipinski definition) is 6. The Hall–Kier alpha value is -4.54. The lowest BCUT2D eigenvalue weighted by atomic mass is 9.88. The Balaban J connectivity index is 0.000000628. The first-order valence-corrected chi connectivity index (χ1v) is 14.7. The van der Waals surface area contributed by atoms with Crippen molar-refractivity contribution in [1.82, 2.24) is 9.55 Å². The van der Waals surface area contributed by atoms with Gasteiger partial charge in [0.1, 0.15) is 12.0 Å². The Morgan fingerprint density at radius 2 is 1.67 bits per heavy atom. The highest BCUT2D eigenvalue weighted by Gasteiger charge is 2.30. The van der Waals surface area contributed by atoms with Gasteiger partial charge in [0, 0.05) is 48.6 Å². The van der Waals surface area contributed by atoms with E-state index in [1.807, 2.05) is 31.2 Å².